The maximum Gasteiger partial charge on any atom is 0.0941 e. The number of hydrogen-bond acceptors (Lipinski definition) is 5. The van der Waals surface area contributed by atoms with E-state index in [4.69, 9.17) is 4.98 Å². The Labute approximate surface area is 144 Å². The highest BCUT2D eigenvalue weighted by atomic mass is 15.4. The van der Waals surface area contributed by atoms with E-state index >= 15 is 0 Å². The molecule has 2 heterocycles. The Bertz CT molecular complexity index is 717. The van der Waals surface area contributed by atoms with Crippen molar-refractivity contribution < 1.29 is 0 Å². The zero-order chi connectivity index (χ0) is 16.9. The van der Waals surface area contributed by atoms with Gasteiger partial charge in [0.15, 0.2) is 0 Å². The molecule has 2 aromatic rings. The summed E-state index contributed by atoms with van der Waals surface area (Å²) in [6.45, 7) is 5.27. The van der Waals surface area contributed by atoms with Gasteiger partial charge in [-0.2, -0.15) is 5.10 Å². The SMILES string of the molecule is CC(=NN(C)C)c1ccc2cccc(NCC3CCNCC3)c2n1. The molecular formula is C19H27N5. The summed E-state index contributed by atoms with van der Waals surface area (Å²) in [7, 11) is 3.85. The Balaban J connectivity index is 1.84. The van der Waals surface area contributed by atoms with Crippen LogP contribution in [0.2, 0.25) is 0 Å². The van der Waals surface area contributed by atoms with E-state index in [0.29, 0.717) is 0 Å². The maximum atomic E-state index is 4.86. The van der Waals surface area contributed by atoms with Crippen LogP contribution in [-0.2, 0) is 0 Å². The molecule has 0 aliphatic carbocycles. The second-order valence-corrected chi connectivity index (χ2v) is 6.68. The van der Waals surface area contributed by atoms with Gasteiger partial charge in [-0.15, -0.1) is 0 Å². The van der Waals surface area contributed by atoms with Crippen LogP contribution in [0.3, 0.4) is 0 Å². The van der Waals surface area contributed by atoms with Crippen LogP contribution in [0, 0.1) is 5.92 Å². The molecule has 1 fully saturated rings. The van der Waals surface area contributed by atoms with Crippen molar-refractivity contribution >= 4 is 22.3 Å². The van der Waals surface area contributed by atoms with E-state index in [9.17, 15) is 0 Å². The summed E-state index contributed by atoms with van der Waals surface area (Å²) in [4.78, 5) is 4.86. The second-order valence-electron chi connectivity index (χ2n) is 6.68. The van der Waals surface area contributed by atoms with Crippen LogP contribution in [0.25, 0.3) is 10.9 Å². The van der Waals surface area contributed by atoms with Crippen LogP contribution < -0.4 is 10.6 Å². The zero-order valence-electron chi connectivity index (χ0n) is 14.8. The lowest BCUT2D eigenvalue weighted by Gasteiger charge is -2.23. The number of hydrazone groups is 1. The van der Waals surface area contributed by atoms with Crippen LogP contribution in [0.15, 0.2) is 35.4 Å². The van der Waals surface area contributed by atoms with Gasteiger partial charge in [-0.25, -0.2) is 4.98 Å². The number of nitrogens with one attached hydrogen (secondary N) is 2. The molecule has 128 valence electrons. The van der Waals surface area contributed by atoms with Crippen molar-refractivity contribution in [2.45, 2.75) is 19.8 Å². The topological polar surface area (TPSA) is 52.5 Å². The Hall–Kier alpha value is -2.14. The van der Waals surface area contributed by atoms with Gasteiger partial charge >= 0.3 is 0 Å². The van der Waals surface area contributed by atoms with Gasteiger partial charge < -0.3 is 15.6 Å². The lowest BCUT2D eigenvalue weighted by atomic mass is 9.98. The van der Waals surface area contributed by atoms with Gasteiger partial charge in [0.05, 0.1) is 22.6 Å². The average molecular weight is 325 g/mol. The van der Waals surface area contributed by atoms with E-state index in [1.54, 1.807) is 0 Å². The van der Waals surface area contributed by atoms with Gasteiger partial charge in [0, 0.05) is 26.0 Å². The zero-order valence-corrected chi connectivity index (χ0v) is 14.8. The highest BCUT2D eigenvalue weighted by molar-refractivity contribution is 6.00. The number of aromatic nitrogens is 1. The van der Waals surface area contributed by atoms with E-state index in [1.165, 1.54) is 12.8 Å². The van der Waals surface area contributed by atoms with Gasteiger partial charge in [-0.3, -0.25) is 0 Å². The Morgan fingerprint density at radius 3 is 2.79 bits per heavy atom. The van der Waals surface area contributed by atoms with Gasteiger partial charge in [0.2, 0.25) is 0 Å². The predicted octanol–water partition coefficient (Wildman–Crippen LogP) is 2.93. The molecule has 0 radical (unpaired) electrons. The van der Waals surface area contributed by atoms with Crippen molar-refractivity contribution in [1.29, 1.82) is 0 Å². The fraction of sp³-hybridized carbons (Fsp3) is 0.474. The lowest BCUT2D eigenvalue weighted by molar-refractivity contribution is 0.390. The van der Waals surface area contributed by atoms with Crippen molar-refractivity contribution in [3.05, 3.63) is 36.0 Å². The van der Waals surface area contributed by atoms with Gasteiger partial charge in [-0.1, -0.05) is 18.2 Å². The van der Waals surface area contributed by atoms with Gasteiger partial charge in [0.1, 0.15) is 0 Å². The first-order valence-corrected chi connectivity index (χ1v) is 8.71. The van der Waals surface area contributed by atoms with Crippen molar-refractivity contribution in [1.82, 2.24) is 15.3 Å². The molecule has 0 amide bonds. The molecule has 0 bridgehead atoms. The standard InChI is InChI=1S/C19H27N5/c1-14(23-24(2)3)17-8-7-16-5-4-6-18(19(16)22-17)21-13-15-9-11-20-12-10-15/h4-8,15,20-21H,9-13H2,1-3H3. The van der Waals surface area contributed by atoms with Crippen LogP contribution in [0.5, 0.6) is 0 Å². The summed E-state index contributed by atoms with van der Waals surface area (Å²) in [5, 5.41) is 14.5. The number of rotatable bonds is 5. The summed E-state index contributed by atoms with van der Waals surface area (Å²) < 4.78 is 0. The minimum atomic E-state index is 0.738. The molecule has 1 aliphatic heterocycles. The fourth-order valence-corrected chi connectivity index (χ4v) is 3.18. The van der Waals surface area contributed by atoms with Crippen molar-refractivity contribution in [2.24, 2.45) is 11.0 Å². The summed E-state index contributed by atoms with van der Waals surface area (Å²) in [6.07, 6.45) is 2.48. The van der Waals surface area contributed by atoms with Gasteiger partial charge in [0.25, 0.3) is 0 Å². The van der Waals surface area contributed by atoms with Crippen LogP contribution in [0.1, 0.15) is 25.5 Å². The fourth-order valence-electron chi connectivity index (χ4n) is 3.18. The molecule has 1 aromatic heterocycles. The Kier molecular flexibility index (Phi) is 5.30. The summed E-state index contributed by atoms with van der Waals surface area (Å²) in [5.74, 6) is 0.738. The van der Waals surface area contributed by atoms with E-state index in [-0.39, 0.29) is 0 Å². The minimum Gasteiger partial charge on any atom is -0.383 e. The van der Waals surface area contributed by atoms with E-state index in [2.05, 4.69) is 40.0 Å². The largest absolute Gasteiger partial charge is 0.383 e. The highest BCUT2D eigenvalue weighted by Crippen LogP contribution is 2.23. The summed E-state index contributed by atoms with van der Waals surface area (Å²) in [5.41, 5.74) is 3.99. The quantitative estimate of drug-likeness (QED) is 0.655. The number of piperidine rings is 1. The van der Waals surface area contributed by atoms with E-state index in [1.807, 2.05) is 32.1 Å². The normalized spacial score (nSPS) is 16.4. The first-order chi connectivity index (χ1) is 11.6. The third kappa shape index (κ3) is 4.03. The molecule has 2 N–H and O–H groups in total. The Morgan fingerprint density at radius 1 is 1.25 bits per heavy atom. The first kappa shape index (κ1) is 16.7. The molecule has 0 spiro atoms. The molecule has 24 heavy (non-hydrogen) atoms. The predicted molar refractivity (Wildman–Crippen MR) is 102 cm³/mol. The smallest absolute Gasteiger partial charge is 0.0941 e. The third-order valence-corrected chi connectivity index (χ3v) is 4.48. The highest BCUT2D eigenvalue weighted by Gasteiger charge is 2.13. The minimum absolute atomic E-state index is 0.738. The molecule has 0 atom stereocenters. The third-order valence-electron chi connectivity index (χ3n) is 4.48. The molecule has 1 aromatic carbocycles. The number of hydrogen-bond donors (Lipinski definition) is 2. The van der Waals surface area contributed by atoms with E-state index in [0.717, 1.165) is 53.5 Å². The number of fused-ring (bicyclic) bond motifs is 1. The molecule has 5 heteroatoms. The molecule has 3 rings (SSSR count). The molecule has 5 nitrogen and oxygen atoms in total. The molecule has 0 saturated carbocycles. The average Bonchev–Trinajstić information content (AvgIpc) is 2.59. The number of para-hydroxylation sites is 1. The van der Waals surface area contributed by atoms with Gasteiger partial charge in [-0.05, 0) is 50.9 Å². The van der Waals surface area contributed by atoms with Crippen LogP contribution >= 0.6 is 0 Å². The maximum absolute atomic E-state index is 4.86. The first-order valence-electron chi connectivity index (χ1n) is 8.71. The van der Waals surface area contributed by atoms with E-state index < -0.39 is 0 Å². The Morgan fingerprint density at radius 2 is 2.04 bits per heavy atom. The number of pyridine rings is 1. The summed E-state index contributed by atoms with van der Waals surface area (Å²) in [6, 6.07) is 10.5. The van der Waals surface area contributed by atoms with Crippen LogP contribution in [0.4, 0.5) is 5.69 Å². The monoisotopic (exact) mass is 325 g/mol. The summed E-state index contributed by atoms with van der Waals surface area (Å²) >= 11 is 0. The second kappa shape index (κ2) is 7.62. The number of benzene rings is 1. The molecule has 1 aliphatic rings. The van der Waals surface area contributed by atoms with Crippen molar-refractivity contribution in [3.8, 4) is 0 Å². The van der Waals surface area contributed by atoms with Crippen molar-refractivity contribution in [2.75, 3.05) is 39.0 Å². The van der Waals surface area contributed by atoms with Crippen molar-refractivity contribution in [3.63, 3.8) is 0 Å². The number of nitrogens with zero attached hydrogens (tertiary/aromatic N) is 3. The lowest BCUT2D eigenvalue weighted by Crippen LogP contribution is -2.31. The molecular weight excluding hydrogens is 298 g/mol. The van der Waals surface area contributed by atoms with Crippen LogP contribution in [-0.4, -0.2) is 49.4 Å². The number of anilines is 1. The molecule has 1 saturated heterocycles. The molecule has 0 unspecified atom stereocenters.